The number of aryl methyl sites for hydroxylation is 1. The quantitative estimate of drug-likeness (QED) is 0.491. The van der Waals surface area contributed by atoms with Crippen LogP contribution in [-0.2, 0) is 17.6 Å². The Labute approximate surface area is 222 Å². The number of likely N-dealkylation sites (tertiary alicyclic amines) is 1. The molecular formula is C30H33FN4O3. The van der Waals surface area contributed by atoms with Crippen molar-refractivity contribution < 1.29 is 18.7 Å². The largest absolute Gasteiger partial charge is 0.412 e. The number of pyridine rings is 1. The number of nitrogens with one attached hydrogen (secondary N) is 2. The van der Waals surface area contributed by atoms with Crippen molar-refractivity contribution in [2.75, 3.05) is 19.6 Å². The lowest BCUT2D eigenvalue weighted by Crippen LogP contribution is -2.50. The van der Waals surface area contributed by atoms with E-state index >= 15 is 0 Å². The van der Waals surface area contributed by atoms with Crippen LogP contribution in [-0.4, -0.2) is 53.6 Å². The summed E-state index contributed by atoms with van der Waals surface area (Å²) in [6, 6.07) is 17.9. The van der Waals surface area contributed by atoms with Crippen LogP contribution in [0.4, 0.5) is 9.18 Å². The van der Waals surface area contributed by atoms with Crippen molar-refractivity contribution >= 4 is 12.0 Å². The zero-order chi connectivity index (χ0) is 26.3. The Balaban J connectivity index is 1.14. The van der Waals surface area contributed by atoms with Gasteiger partial charge in [-0.2, -0.15) is 0 Å². The maximum Gasteiger partial charge on any atom is 0.412 e. The Morgan fingerprint density at radius 1 is 1.00 bits per heavy atom. The van der Waals surface area contributed by atoms with E-state index in [4.69, 9.17) is 4.74 Å². The van der Waals surface area contributed by atoms with Crippen molar-refractivity contribution in [2.24, 2.45) is 0 Å². The Hall–Kier alpha value is -3.78. The van der Waals surface area contributed by atoms with Gasteiger partial charge in [-0.25, -0.2) is 9.18 Å². The molecule has 5 rings (SSSR count). The highest BCUT2D eigenvalue weighted by atomic mass is 19.1. The molecule has 2 atom stereocenters. The summed E-state index contributed by atoms with van der Waals surface area (Å²) in [5, 5.41) is 6.21. The molecule has 198 valence electrons. The van der Waals surface area contributed by atoms with Gasteiger partial charge >= 0.3 is 6.09 Å². The molecule has 2 aromatic carbocycles. The van der Waals surface area contributed by atoms with Crippen molar-refractivity contribution in [3.63, 3.8) is 0 Å². The normalized spacial score (nSPS) is 19.8. The number of aromatic nitrogens is 1. The van der Waals surface area contributed by atoms with Gasteiger partial charge in [0.1, 0.15) is 11.6 Å². The predicted molar refractivity (Wildman–Crippen MR) is 142 cm³/mol. The van der Waals surface area contributed by atoms with Crippen LogP contribution < -0.4 is 15.4 Å². The Morgan fingerprint density at radius 3 is 2.58 bits per heavy atom. The molecule has 2 N–H and O–H groups in total. The Kier molecular flexibility index (Phi) is 8.28. The summed E-state index contributed by atoms with van der Waals surface area (Å²) in [6.07, 6.45) is 6.88. The monoisotopic (exact) mass is 516 g/mol. The predicted octanol–water partition coefficient (Wildman–Crippen LogP) is 4.23. The van der Waals surface area contributed by atoms with Crippen LogP contribution >= 0.6 is 0 Å². The molecule has 1 aliphatic carbocycles. The molecule has 0 spiro atoms. The van der Waals surface area contributed by atoms with Gasteiger partial charge in [0, 0.05) is 43.5 Å². The summed E-state index contributed by atoms with van der Waals surface area (Å²) in [6.45, 7) is 1.75. The number of carbonyl (C=O) groups is 2. The van der Waals surface area contributed by atoms with Gasteiger partial charge in [0.15, 0.2) is 0 Å². The van der Waals surface area contributed by atoms with Gasteiger partial charge in [0.2, 0.25) is 5.91 Å². The maximum absolute atomic E-state index is 13.9. The van der Waals surface area contributed by atoms with Crippen LogP contribution in [0.3, 0.4) is 0 Å². The van der Waals surface area contributed by atoms with Gasteiger partial charge < -0.3 is 15.4 Å². The summed E-state index contributed by atoms with van der Waals surface area (Å²) in [4.78, 5) is 31.6. The highest BCUT2D eigenvalue weighted by Gasteiger charge is 2.32. The smallest absolute Gasteiger partial charge is 0.410 e. The number of hydrogen-bond donors (Lipinski definition) is 2. The lowest BCUT2D eigenvalue weighted by Gasteiger charge is -2.36. The lowest BCUT2D eigenvalue weighted by atomic mass is 9.76. The van der Waals surface area contributed by atoms with Crippen LogP contribution in [0.25, 0.3) is 0 Å². The van der Waals surface area contributed by atoms with Crippen molar-refractivity contribution in [1.29, 1.82) is 0 Å². The average Bonchev–Trinajstić information content (AvgIpc) is 2.92. The first kappa shape index (κ1) is 25.9. The first-order chi connectivity index (χ1) is 18.5. The number of fused-ring (bicyclic) bond motifs is 1. The standard InChI is InChI=1S/C30H33FN4O3/c31-23-9-10-26-22(18-23)8-11-28(27(26)17-21-5-4-14-32-19-21)34-29(36)20-35-15-12-24(13-16-35)33-30(37)38-25-6-2-1-3-7-25/h1-7,9-10,14,18-19,24,27-28H,8,11-13,15-17,20H2,(H,33,37)(H,34,36)/t27-,28+/m1/s1. The molecule has 1 saturated heterocycles. The number of rotatable bonds is 7. The molecule has 1 aromatic heterocycles. The fraction of sp³-hybridized carbons (Fsp3) is 0.367. The molecule has 38 heavy (non-hydrogen) atoms. The van der Waals surface area contributed by atoms with Gasteiger partial charge in [-0.15, -0.1) is 0 Å². The van der Waals surface area contributed by atoms with Gasteiger partial charge in [-0.05, 0) is 79.1 Å². The van der Waals surface area contributed by atoms with Crippen LogP contribution in [0, 0.1) is 5.82 Å². The van der Waals surface area contributed by atoms with E-state index in [-0.39, 0.29) is 29.7 Å². The third-order valence-corrected chi connectivity index (χ3v) is 7.47. The zero-order valence-corrected chi connectivity index (χ0v) is 21.3. The molecule has 1 fully saturated rings. The molecule has 2 amide bonds. The molecule has 8 heteroatoms. The van der Waals surface area contributed by atoms with Crippen molar-refractivity contribution in [3.8, 4) is 5.75 Å². The van der Waals surface area contributed by atoms with Crippen molar-refractivity contribution in [3.05, 3.63) is 95.6 Å². The maximum atomic E-state index is 13.9. The van der Waals surface area contributed by atoms with E-state index in [0.29, 0.717) is 12.3 Å². The van der Waals surface area contributed by atoms with Crippen LogP contribution in [0.15, 0.2) is 73.1 Å². The lowest BCUT2D eigenvalue weighted by molar-refractivity contribution is -0.123. The SMILES string of the molecule is O=C(CN1CCC(NC(=O)Oc2ccccc2)CC1)N[C@H]1CCc2cc(F)ccc2[C@H]1Cc1cccnc1. The second kappa shape index (κ2) is 12.2. The summed E-state index contributed by atoms with van der Waals surface area (Å²) in [7, 11) is 0. The van der Waals surface area contributed by atoms with E-state index in [1.165, 1.54) is 6.07 Å². The number of amides is 2. The summed E-state index contributed by atoms with van der Waals surface area (Å²) >= 11 is 0. The molecule has 2 aliphatic rings. The number of benzene rings is 2. The van der Waals surface area contributed by atoms with Gasteiger partial charge in [0.25, 0.3) is 0 Å². The number of halogens is 1. The molecule has 7 nitrogen and oxygen atoms in total. The van der Waals surface area contributed by atoms with Gasteiger partial charge in [-0.3, -0.25) is 14.7 Å². The Morgan fingerprint density at radius 2 is 1.82 bits per heavy atom. The summed E-state index contributed by atoms with van der Waals surface area (Å²) < 4.78 is 19.2. The van der Waals surface area contributed by atoms with Crippen LogP contribution in [0.1, 0.15) is 41.9 Å². The molecule has 0 saturated carbocycles. The minimum Gasteiger partial charge on any atom is -0.410 e. The van der Waals surface area contributed by atoms with Crippen LogP contribution in [0.5, 0.6) is 5.75 Å². The van der Waals surface area contributed by atoms with Crippen molar-refractivity contribution in [1.82, 2.24) is 20.5 Å². The van der Waals surface area contributed by atoms with E-state index in [2.05, 4.69) is 20.5 Å². The first-order valence-electron chi connectivity index (χ1n) is 13.3. The number of carbonyl (C=O) groups excluding carboxylic acids is 2. The molecule has 2 heterocycles. The third-order valence-electron chi connectivity index (χ3n) is 7.47. The average molecular weight is 517 g/mol. The zero-order valence-electron chi connectivity index (χ0n) is 21.3. The molecule has 0 bridgehead atoms. The minimum atomic E-state index is -0.454. The second-order valence-corrected chi connectivity index (χ2v) is 10.1. The number of piperidine rings is 1. The van der Waals surface area contributed by atoms with Gasteiger partial charge in [-0.1, -0.05) is 30.3 Å². The number of ether oxygens (including phenoxy) is 1. The molecule has 0 radical (unpaired) electrons. The molecular weight excluding hydrogens is 483 g/mol. The number of para-hydroxylation sites is 1. The second-order valence-electron chi connectivity index (χ2n) is 10.1. The van der Waals surface area contributed by atoms with E-state index in [9.17, 15) is 14.0 Å². The summed E-state index contributed by atoms with van der Waals surface area (Å²) in [5.41, 5.74) is 3.21. The molecule has 3 aromatic rings. The molecule has 1 aliphatic heterocycles. The fourth-order valence-electron chi connectivity index (χ4n) is 5.56. The highest BCUT2D eigenvalue weighted by Crippen LogP contribution is 2.35. The van der Waals surface area contributed by atoms with Crippen LogP contribution in [0.2, 0.25) is 0 Å². The molecule has 0 unspecified atom stereocenters. The number of hydrogen-bond acceptors (Lipinski definition) is 5. The fourth-order valence-corrected chi connectivity index (χ4v) is 5.56. The van der Waals surface area contributed by atoms with Crippen molar-refractivity contribution in [2.45, 2.75) is 50.1 Å². The minimum absolute atomic E-state index is 0.00774. The third kappa shape index (κ3) is 6.75. The van der Waals surface area contributed by atoms with E-state index in [0.717, 1.165) is 61.9 Å². The Bertz CT molecular complexity index is 1230. The topological polar surface area (TPSA) is 83.6 Å². The van der Waals surface area contributed by atoms with E-state index < -0.39 is 6.09 Å². The number of nitrogens with zero attached hydrogens (tertiary/aromatic N) is 2. The van der Waals surface area contributed by atoms with E-state index in [1.807, 2.05) is 42.6 Å². The first-order valence-corrected chi connectivity index (χ1v) is 13.3. The van der Waals surface area contributed by atoms with Gasteiger partial charge in [0.05, 0.1) is 6.54 Å². The van der Waals surface area contributed by atoms with E-state index in [1.54, 1.807) is 24.4 Å². The highest BCUT2D eigenvalue weighted by molar-refractivity contribution is 5.78. The summed E-state index contributed by atoms with van der Waals surface area (Å²) in [5.74, 6) is 0.332.